The van der Waals surface area contributed by atoms with Crippen LogP contribution in [0.1, 0.15) is 36.0 Å². The zero-order valence-corrected chi connectivity index (χ0v) is 18.5. The number of fused-ring (bicyclic) bond motifs is 3. The highest BCUT2D eigenvalue weighted by Crippen LogP contribution is 2.56. The molecular weight excluding hydrogens is 412 g/mol. The molecule has 1 saturated heterocycles. The average Bonchev–Trinajstić information content (AvgIpc) is 3.03. The summed E-state index contributed by atoms with van der Waals surface area (Å²) in [4.78, 5) is 9.18. The van der Waals surface area contributed by atoms with Crippen molar-refractivity contribution in [3.63, 3.8) is 0 Å². The van der Waals surface area contributed by atoms with Gasteiger partial charge in [0, 0.05) is 42.1 Å². The maximum absolute atomic E-state index is 6.29. The number of methoxy groups -OCH3 is 1. The van der Waals surface area contributed by atoms with Crippen molar-refractivity contribution in [2.45, 2.75) is 31.8 Å². The third-order valence-corrected chi connectivity index (χ3v) is 7.14. The van der Waals surface area contributed by atoms with Crippen LogP contribution in [-0.4, -0.2) is 51.9 Å². The van der Waals surface area contributed by atoms with Crippen LogP contribution in [0.5, 0.6) is 5.88 Å². The molecule has 0 unspecified atom stereocenters. The van der Waals surface area contributed by atoms with Crippen LogP contribution < -0.4 is 9.64 Å². The zero-order chi connectivity index (χ0) is 21.2. The lowest BCUT2D eigenvalue weighted by atomic mass is 9.57. The lowest BCUT2D eigenvalue weighted by Crippen LogP contribution is -2.62. The van der Waals surface area contributed by atoms with Crippen LogP contribution >= 0.6 is 11.6 Å². The highest BCUT2D eigenvalue weighted by atomic mass is 35.5. The predicted octanol–water partition coefficient (Wildman–Crippen LogP) is 3.65. The maximum Gasteiger partial charge on any atom is 0.214 e. The molecule has 0 N–H and O–H groups in total. The van der Waals surface area contributed by atoms with Gasteiger partial charge in [0.2, 0.25) is 5.88 Å². The first-order valence-corrected chi connectivity index (χ1v) is 11.1. The molecule has 6 rings (SSSR count). The molecule has 3 aliphatic rings. The van der Waals surface area contributed by atoms with Gasteiger partial charge in [-0.05, 0) is 49.7 Å². The van der Waals surface area contributed by atoms with Crippen molar-refractivity contribution in [2.24, 2.45) is 5.41 Å². The molecule has 7 nitrogen and oxygen atoms in total. The molecule has 0 radical (unpaired) electrons. The molecule has 4 heterocycles. The van der Waals surface area contributed by atoms with E-state index in [2.05, 4.69) is 54.8 Å². The highest BCUT2D eigenvalue weighted by molar-refractivity contribution is 6.30. The smallest absolute Gasteiger partial charge is 0.214 e. The molecule has 160 valence electrons. The minimum atomic E-state index is 0.367. The van der Waals surface area contributed by atoms with E-state index in [1.165, 1.54) is 11.3 Å². The Balaban J connectivity index is 1.22. The third kappa shape index (κ3) is 3.10. The van der Waals surface area contributed by atoms with Gasteiger partial charge in [-0.3, -0.25) is 9.47 Å². The van der Waals surface area contributed by atoms with E-state index in [1.807, 2.05) is 18.2 Å². The second-order valence-electron chi connectivity index (χ2n) is 9.25. The maximum atomic E-state index is 6.29. The number of aromatic nitrogens is 4. The summed E-state index contributed by atoms with van der Waals surface area (Å²) in [5.41, 5.74) is 2.76. The summed E-state index contributed by atoms with van der Waals surface area (Å²) in [6.07, 6.45) is 2.29. The summed E-state index contributed by atoms with van der Waals surface area (Å²) in [6, 6.07) is 12.1. The molecular formula is C23H25ClN6O. The molecule has 0 amide bonds. The fraction of sp³-hybridized carbons (Fsp3) is 0.435. The number of benzene rings is 1. The summed E-state index contributed by atoms with van der Waals surface area (Å²) >= 11 is 6.29. The molecule has 0 atom stereocenters. The van der Waals surface area contributed by atoms with E-state index in [9.17, 15) is 0 Å². The summed E-state index contributed by atoms with van der Waals surface area (Å²) in [6.45, 7) is 3.72. The van der Waals surface area contributed by atoms with Gasteiger partial charge in [0.15, 0.2) is 5.82 Å². The number of halogens is 1. The number of anilines is 1. The first-order chi connectivity index (χ1) is 15.0. The molecule has 3 aromatic rings. The topological polar surface area (TPSA) is 59.3 Å². The van der Waals surface area contributed by atoms with Crippen molar-refractivity contribution in [3.8, 4) is 11.6 Å². The minimum Gasteiger partial charge on any atom is -0.481 e. The van der Waals surface area contributed by atoms with Crippen molar-refractivity contribution in [3.05, 3.63) is 58.6 Å². The lowest BCUT2D eigenvalue weighted by Gasteiger charge is -2.59. The molecule has 0 bridgehead atoms. The molecule has 1 saturated carbocycles. The lowest BCUT2D eigenvalue weighted by molar-refractivity contribution is 0.0581. The van der Waals surface area contributed by atoms with Crippen molar-refractivity contribution < 1.29 is 4.74 Å². The molecule has 1 aliphatic carbocycles. The van der Waals surface area contributed by atoms with Crippen molar-refractivity contribution in [1.82, 2.24) is 24.6 Å². The normalized spacial score (nSPS) is 19.9. The second-order valence-corrected chi connectivity index (χ2v) is 9.69. The van der Waals surface area contributed by atoms with E-state index < -0.39 is 0 Å². The van der Waals surface area contributed by atoms with Crippen LogP contribution in [0.15, 0.2) is 36.4 Å². The Kier molecular flexibility index (Phi) is 4.27. The third-order valence-electron chi connectivity index (χ3n) is 6.91. The summed E-state index contributed by atoms with van der Waals surface area (Å²) < 4.78 is 7.56. The van der Waals surface area contributed by atoms with Crippen LogP contribution in [0.3, 0.4) is 0 Å². The number of hydrogen-bond donors (Lipinski definition) is 0. The number of nitrogens with zero attached hydrogens (tertiary/aromatic N) is 6. The number of rotatable bonds is 3. The fourth-order valence-electron chi connectivity index (χ4n) is 5.49. The molecule has 31 heavy (non-hydrogen) atoms. The summed E-state index contributed by atoms with van der Waals surface area (Å²) in [7, 11) is 3.77. The van der Waals surface area contributed by atoms with Gasteiger partial charge in [0.05, 0.1) is 19.3 Å². The van der Waals surface area contributed by atoms with E-state index in [4.69, 9.17) is 16.3 Å². The van der Waals surface area contributed by atoms with E-state index in [1.54, 1.807) is 7.11 Å². The highest BCUT2D eigenvalue weighted by Gasteiger charge is 2.54. The number of pyridine rings is 1. The van der Waals surface area contributed by atoms with E-state index >= 15 is 0 Å². The molecule has 2 aliphatic heterocycles. The first-order valence-electron chi connectivity index (χ1n) is 10.7. The SMILES string of the molecule is COc1cccc(N2CC3(CC(c4nnc5n4-c4ccc(Cl)cc4CN(C)C5)C3)C2)n1. The van der Waals surface area contributed by atoms with Gasteiger partial charge >= 0.3 is 0 Å². The van der Waals surface area contributed by atoms with Gasteiger partial charge in [0.25, 0.3) is 0 Å². The Morgan fingerprint density at radius 2 is 1.94 bits per heavy atom. The van der Waals surface area contributed by atoms with Crippen molar-refractivity contribution in [1.29, 1.82) is 0 Å². The van der Waals surface area contributed by atoms with Crippen LogP contribution in [0.25, 0.3) is 5.69 Å². The van der Waals surface area contributed by atoms with Crippen LogP contribution in [-0.2, 0) is 13.1 Å². The van der Waals surface area contributed by atoms with Gasteiger partial charge in [-0.1, -0.05) is 17.7 Å². The zero-order valence-electron chi connectivity index (χ0n) is 17.8. The average molecular weight is 437 g/mol. The Hall–Kier alpha value is -2.64. The fourth-order valence-corrected chi connectivity index (χ4v) is 5.69. The van der Waals surface area contributed by atoms with Gasteiger partial charge in [-0.15, -0.1) is 10.2 Å². The summed E-state index contributed by atoms with van der Waals surface area (Å²) in [5, 5.41) is 9.99. The quantitative estimate of drug-likeness (QED) is 0.624. The molecule has 8 heteroatoms. The minimum absolute atomic E-state index is 0.367. The van der Waals surface area contributed by atoms with E-state index in [-0.39, 0.29) is 0 Å². The number of hydrogen-bond acceptors (Lipinski definition) is 6. The molecule has 1 spiro atoms. The Labute approximate surface area is 186 Å². The molecule has 2 aromatic heterocycles. The van der Waals surface area contributed by atoms with Crippen LogP contribution in [0, 0.1) is 5.41 Å². The van der Waals surface area contributed by atoms with Crippen molar-refractivity contribution >= 4 is 17.4 Å². The predicted molar refractivity (Wildman–Crippen MR) is 119 cm³/mol. The van der Waals surface area contributed by atoms with Gasteiger partial charge in [-0.25, -0.2) is 0 Å². The Morgan fingerprint density at radius 1 is 1.10 bits per heavy atom. The van der Waals surface area contributed by atoms with Gasteiger partial charge < -0.3 is 9.64 Å². The monoisotopic (exact) mass is 436 g/mol. The first kappa shape index (κ1) is 19.1. The Morgan fingerprint density at radius 3 is 2.74 bits per heavy atom. The van der Waals surface area contributed by atoms with E-state index in [0.717, 1.165) is 61.5 Å². The standard InChI is InChI=1S/C23H25ClN6O/c1-28-11-15-8-17(24)6-7-18(15)30-20(12-28)26-27-22(30)16-9-23(10-16)13-29(14-23)19-4-3-5-21(25-19)31-2/h3-8,16H,9-14H2,1-2H3. The van der Waals surface area contributed by atoms with Crippen LogP contribution in [0.2, 0.25) is 5.02 Å². The second kappa shape index (κ2) is 6.93. The van der Waals surface area contributed by atoms with Gasteiger partial charge in [0.1, 0.15) is 11.6 Å². The number of ether oxygens (including phenoxy) is 1. The van der Waals surface area contributed by atoms with Crippen LogP contribution in [0.4, 0.5) is 5.82 Å². The van der Waals surface area contributed by atoms with Crippen molar-refractivity contribution in [2.75, 3.05) is 32.1 Å². The summed E-state index contributed by atoms with van der Waals surface area (Å²) in [5.74, 6) is 4.21. The Bertz CT molecular complexity index is 1150. The van der Waals surface area contributed by atoms with E-state index in [0.29, 0.717) is 17.2 Å². The van der Waals surface area contributed by atoms with Gasteiger partial charge in [-0.2, -0.15) is 4.98 Å². The molecule has 1 aromatic carbocycles. The largest absolute Gasteiger partial charge is 0.481 e. The molecule has 2 fully saturated rings.